The summed E-state index contributed by atoms with van der Waals surface area (Å²) in [5, 5.41) is 6.32. The molecule has 3 heteroatoms. The first-order valence-corrected chi connectivity index (χ1v) is 21.5. The zero-order chi connectivity index (χ0) is 40.8. The molecule has 10 aromatic rings. The van der Waals surface area contributed by atoms with E-state index in [0.717, 1.165) is 11.4 Å². The molecule has 1 radical (unpaired) electrons. The third kappa shape index (κ3) is 5.00. The number of hydrogen-bond donors (Lipinski definition) is 1. The minimum Gasteiger partial charge on any atom is -0.355 e. The van der Waals surface area contributed by atoms with E-state index >= 15 is 0 Å². The number of hydrogen-bond acceptors (Lipinski definition) is 2. The van der Waals surface area contributed by atoms with Gasteiger partial charge >= 0.3 is 0 Å². The highest BCUT2D eigenvalue weighted by molar-refractivity contribution is 6.73. The van der Waals surface area contributed by atoms with Crippen LogP contribution in [0.2, 0.25) is 0 Å². The van der Waals surface area contributed by atoms with Crippen LogP contribution in [-0.4, -0.2) is 7.28 Å². The van der Waals surface area contributed by atoms with E-state index in [2.05, 4.69) is 242 Å². The Hall–Kier alpha value is -7.88. The van der Waals surface area contributed by atoms with Crippen LogP contribution in [0, 0.1) is 0 Å². The highest BCUT2D eigenvalue weighted by Gasteiger charge is 2.52. The van der Waals surface area contributed by atoms with Gasteiger partial charge in [0, 0.05) is 28.3 Å². The molecule has 10 aromatic carbocycles. The van der Waals surface area contributed by atoms with E-state index < -0.39 is 5.41 Å². The molecule has 1 N–H and O–H groups in total. The zero-order valence-corrected chi connectivity index (χ0v) is 33.9. The van der Waals surface area contributed by atoms with Crippen LogP contribution in [0.3, 0.4) is 0 Å². The van der Waals surface area contributed by atoms with Gasteiger partial charge in [0.05, 0.1) is 11.1 Å². The molecule has 0 unspecified atom stereocenters. The van der Waals surface area contributed by atoms with Crippen molar-refractivity contribution < 1.29 is 0 Å². The normalized spacial score (nSPS) is 13.4. The second kappa shape index (κ2) is 13.6. The van der Waals surface area contributed by atoms with Crippen LogP contribution < -0.4 is 21.1 Å². The second-order valence-electron chi connectivity index (χ2n) is 16.7. The van der Waals surface area contributed by atoms with Gasteiger partial charge in [-0.05, 0) is 114 Å². The third-order valence-corrected chi connectivity index (χ3v) is 13.5. The number of fused-ring (bicyclic) bond motifs is 12. The predicted molar refractivity (Wildman–Crippen MR) is 261 cm³/mol. The van der Waals surface area contributed by atoms with E-state index in [0.29, 0.717) is 0 Å². The molecule has 0 saturated heterocycles. The van der Waals surface area contributed by atoms with Gasteiger partial charge in [0.1, 0.15) is 0 Å². The van der Waals surface area contributed by atoms with E-state index in [1.165, 1.54) is 106 Å². The van der Waals surface area contributed by atoms with E-state index in [1.54, 1.807) is 0 Å². The summed E-state index contributed by atoms with van der Waals surface area (Å²) in [7, 11) is 2.46. The number of nitrogens with zero attached hydrogens (tertiary/aromatic N) is 1. The fourth-order valence-corrected chi connectivity index (χ4v) is 10.9. The van der Waals surface area contributed by atoms with Crippen molar-refractivity contribution in [3.05, 3.63) is 247 Å². The van der Waals surface area contributed by atoms with Gasteiger partial charge in [-0.15, -0.1) is 0 Å². The first kappa shape index (κ1) is 34.9. The summed E-state index contributed by atoms with van der Waals surface area (Å²) >= 11 is 0. The van der Waals surface area contributed by atoms with Gasteiger partial charge in [0.2, 0.25) is 0 Å². The maximum Gasteiger partial charge on any atom is 0.197 e. The molecule has 62 heavy (non-hydrogen) atoms. The maximum atomic E-state index is 3.91. The summed E-state index contributed by atoms with van der Waals surface area (Å²) < 4.78 is 0. The van der Waals surface area contributed by atoms with Crippen LogP contribution in [-0.2, 0) is 5.41 Å². The molecule has 287 valence electrons. The summed E-state index contributed by atoms with van der Waals surface area (Å²) in [6.07, 6.45) is 0. The van der Waals surface area contributed by atoms with Gasteiger partial charge in [0.15, 0.2) is 7.28 Å². The van der Waals surface area contributed by atoms with Crippen LogP contribution in [0.5, 0.6) is 0 Å². The molecule has 13 rings (SSSR count). The average Bonchev–Trinajstić information content (AvgIpc) is 3.64. The first-order valence-electron chi connectivity index (χ1n) is 21.5. The highest BCUT2D eigenvalue weighted by Crippen LogP contribution is 2.63. The van der Waals surface area contributed by atoms with Crippen molar-refractivity contribution >= 4 is 57.4 Å². The molecule has 0 saturated carbocycles. The Morgan fingerprint density at radius 2 is 1.00 bits per heavy atom. The number of benzene rings is 10. The number of para-hydroxylation sites is 2. The predicted octanol–water partition coefficient (Wildman–Crippen LogP) is 13.7. The SMILES string of the molecule is [B]1c2cccc3c2N(c2ccccc2C32c3ccccc3-c3ccccc32)c2cc(-c3ccccc3)cc(-c3c(Nc4ccc(-c5ccccc5)cc4)ccc4ccccc34)c21. The number of rotatable bonds is 5. The van der Waals surface area contributed by atoms with Crippen molar-refractivity contribution in [3.8, 4) is 44.5 Å². The molecule has 2 aliphatic heterocycles. The summed E-state index contributed by atoms with van der Waals surface area (Å²) in [6, 6.07) is 82.7. The number of nitrogens with one attached hydrogen (secondary N) is 1. The van der Waals surface area contributed by atoms with Gasteiger partial charge in [-0.25, -0.2) is 0 Å². The van der Waals surface area contributed by atoms with Crippen LogP contribution in [0.1, 0.15) is 22.3 Å². The Bertz CT molecular complexity index is 3360. The lowest BCUT2D eigenvalue weighted by Crippen LogP contribution is -2.47. The maximum absolute atomic E-state index is 3.91. The molecule has 0 bridgehead atoms. The van der Waals surface area contributed by atoms with E-state index in [4.69, 9.17) is 0 Å². The van der Waals surface area contributed by atoms with Crippen molar-refractivity contribution in [2.45, 2.75) is 5.41 Å². The molecule has 3 aliphatic rings. The van der Waals surface area contributed by atoms with Crippen LogP contribution in [0.15, 0.2) is 224 Å². The van der Waals surface area contributed by atoms with Crippen LogP contribution >= 0.6 is 0 Å². The molecule has 1 spiro atoms. The smallest absolute Gasteiger partial charge is 0.197 e. The molecule has 0 fully saturated rings. The van der Waals surface area contributed by atoms with Crippen LogP contribution in [0.4, 0.5) is 28.4 Å². The lowest BCUT2D eigenvalue weighted by molar-refractivity contribution is 0.754. The molecule has 2 heterocycles. The lowest BCUT2D eigenvalue weighted by Gasteiger charge is -2.48. The minimum atomic E-state index is -0.473. The summed E-state index contributed by atoms with van der Waals surface area (Å²) in [5.41, 5.74) is 22.7. The largest absolute Gasteiger partial charge is 0.355 e. The third-order valence-electron chi connectivity index (χ3n) is 13.5. The number of anilines is 5. The van der Waals surface area contributed by atoms with Gasteiger partial charge in [-0.1, -0.05) is 194 Å². The molecule has 0 aromatic heterocycles. The summed E-state index contributed by atoms with van der Waals surface area (Å²) in [6.45, 7) is 0. The Labute approximate surface area is 362 Å². The lowest BCUT2D eigenvalue weighted by atomic mass is 9.54. The fourth-order valence-electron chi connectivity index (χ4n) is 10.9. The van der Waals surface area contributed by atoms with E-state index in [1.807, 2.05) is 0 Å². The van der Waals surface area contributed by atoms with Crippen LogP contribution in [0.25, 0.3) is 55.3 Å². The molecule has 2 nitrogen and oxygen atoms in total. The zero-order valence-electron chi connectivity index (χ0n) is 33.9. The van der Waals surface area contributed by atoms with E-state index in [-0.39, 0.29) is 0 Å². The van der Waals surface area contributed by atoms with Crippen molar-refractivity contribution in [1.29, 1.82) is 0 Å². The van der Waals surface area contributed by atoms with Gasteiger partial charge in [-0.2, -0.15) is 0 Å². The van der Waals surface area contributed by atoms with Crippen molar-refractivity contribution in [2.24, 2.45) is 0 Å². The Kier molecular flexibility index (Phi) is 7.65. The minimum absolute atomic E-state index is 0.473. The molecule has 1 aliphatic carbocycles. The average molecular weight is 786 g/mol. The van der Waals surface area contributed by atoms with Gasteiger partial charge < -0.3 is 10.2 Å². The Balaban J connectivity index is 1.07. The summed E-state index contributed by atoms with van der Waals surface area (Å²) in [5.74, 6) is 0. The second-order valence-corrected chi connectivity index (χ2v) is 16.7. The van der Waals surface area contributed by atoms with Crippen molar-refractivity contribution in [1.82, 2.24) is 0 Å². The molecule has 0 atom stereocenters. The molecular formula is C59H38BN2. The first-order chi connectivity index (χ1) is 30.8. The van der Waals surface area contributed by atoms with Gasteiger partial charge in [-0.3, -0.25) is 0 Å². The Morgan fingerprint density at radius 1 is 0.403 bits per heavy atom. The highest BCUT2D eigenvalue weighted by atomic mass is 15.2. The Morgan fingerprint density at radius 3 is 1.74 bits per heavy atom. The topological polar surface area (TPSA) is 15.3 Å². The fraction of sp³-hybridized carbons (Fsp3) is 0.0169. The van der Waals surface area contributed by atoms with E-state index in [9.17, 15) is 0 Å². The molecule has 0 amide bonds. The quantitative estimate of drug-likeness (QED) is 0.175. The molecular weight excluding hydrogens is 747 g/mol. The van der Waals surface area contributed by atoms with Crippen molar-refractivity contribution in [2.75, 3.05) is 10.2 Å². The standard InChI is InChI=1S/C59H38BN2/c1-3-16-38(17-4-1)40-30-33-43(34-31-40)61-53-35-32-41-20-7-8-21-44(41)56(53)47-36-42(39-18-5-2-6-19-39)37-55-57(47)60-52-28-15-27-51-58(52)62(55)54-29-14-13-26-50(54)59(51)48-24-11-9-22-45(48)46-23-10-12-25-49(46)59/h1-37,61H. The van der Waals surface area contributed by atoms with Gasteiger partial charge in [0.25, 0.3) is 0 Å². The summed E-state index contributed by atoms with van der Waals surface area (Å²) in [4.78, 5) is 2.58. The monoisotopic (exact) mass is 785 g/mol. The van der Waals surface area contributed by atoms with Crippen molar-refractivity contribution in [3.63, 3.8) is 0 Å².